The van der Waals surface area contributed by atoms with Crippen LogP contribution in [0.4, 0.5) is 5.69 Å². The van der Waals surface area contributed by atoms with Crippen LogP contribution in [0.25, 0.3) is 0 Å². The Kier molecular flexibility index (Phi) is 5.47. The average molecular weight is 342 g/mol. The summed E-state index contributed by atoms with van der Waals surface area (Å²) in [4.78, 5) is 15.4. The number of allylic oxidation sites excluding steroid dienone is 1. The van der Waals surface area contributed by atoms with Gasteiger partial charge >= 0.3 is 0 Å². The standard InChI is InChI=1S/C14H18N2O6S/c1-2-3-4-13-9-12(10-17)16(22-13)23(20,21)14-7-5-11(6-8-14)15(18)19/h2,5-8,12-13,17H,1,3-4,9-10H2/t12-,13-/m1/s1. The van der Waals surface area contributed by atoms with Crippen molar-refractivity contribution in [1.82, 2.24) is 4.47 Å². The van der Waals surface area contributed by atoms with Crippen LogP contribution in [-0.4, -0.2) is 41.7 Å². The number of aliphatic hydroxyl groups excluding tert-OH is 1. The first-order chi connectivity index (χ1) is 10.9. The number of non-ortho nitro benzene ring substituents is 1. The summed E-state index contributed by atoms with van der Waals surface area (Å²) < 4.78 is 26.0. The molecule has 8 nitrogen and oxygen atoms in total. The molecule has 0 radical (unpaired) electrons. The third kappa shape index (κ3) is 3.75. The molecule has 1 aliphatic rings. The molecule has 1 aromatic carbocycles. The van der Waals surface area contributed by atoms with Gasteiger partial charge in [0.05, 0.1) is 28.6 Å². The molecule has 1 aromatic rings. The molecule has 1 N–H and O–H groups in total. The van der Waals surface area contributed by atoms with E-state index in [1.807, 2.05) is 0 Å². The van der Waals surface area contributed by atoms with Crippen molar-refractivity contribution in [2.45, 2.75) is 36.3 Å². The van der Waals surface area contributed by atoms with Crippen molar-refractivity contribution in [3.05, 3.63) is 47.0 Å². The van der Waals surface area contributed by atoms with E-state index in [0.717, 1.165) is 28.7 Å². The lowest BCUT2D eigenvalue weighted by atomic mass is 10.1. The van der Waals surface area contributed by atoms with E-state index in [-0.39, 0.29) is 23.3 Å². The molecule has 1 heterocycles. The number of aliphatic hydroxyl groups is 1. The molecule has 23 heavy (non-hydrogen) atoms. The van der Waals surface area contributed by atoms with Gasteiger partial charge in [-0.1, -0.05) is 10.5 Å². The van der Waals surface area contributed by atoms with E-state index in [2.05, 4.69) is 6.58 Å². The Hall–Kier alpha value is -1.81. The lowest BCUT2D eigenvalue weighted by Gasteiger charge is -2.20. The Balaban J connectivity index is 2.23. The minimum absolute atomic E-state index is 0.120. The maximum Gasteiger partial charge on any atom is 0.269 e. The van der Waals surface area contributed by atoms with Crippen molar-refractivity contribution in [3.8, 4) is 0 Å². The van der Waals surface area contributed by atoms with Crippen molar-refractivity contribution in [1.29, 1.82) is 0 Å². The normalized spacial score (nSPS) is 22.1. The number of nitro benzene ring substituents is 1. The third-order valence-corrected chi connectivity index (χ3v) is 5.30. The van der Waals surface area contributed by atoms with Crippen LogP contribution < -0.4 is 0 Å². The van der Waals surface area contributed by atoms with Crippen molar-refractivity contribution in [2.75, 3.05) is 6.61 Å². The smallest absolute Gasteiger partial charge is 0.269 e. The molecule has 2 atom stereocenters. The molecule has 0 aromatic heterocycles. The molecule has 126 valence electrons. The zero-order valence-corrected chi connectivity index (χ0v) is 13.2. The summed E-state index contributed by atoms with van der Waals surface area (Å²) in [6.45, 7) is 3.24. The van der Waals surface area contributed by atoms with E-state index in [9.17, 15) is 23.6 Å². The second-order valence-electron chi connectivity index (χ2n) is 5.18. The first-order valence-electron chi connectivity index (χ1n) is 7.07. The highest BCUT2D eigenvalue weighted by Gasteiger charge is 2.41. The maximum atomic E-state index is 12.6. The summed E-state index contributed by atoms with van der Waals surface area (Å²) in [6.07, 6.45) is 3.06. The molecule has 0 bridgehead atoms. The molecule has 0 aliphatic carbocycles. The Morgan fingerprint density at radius 1 is 1.43 bits per heavy atom. The van der Waals surface area contributed by atoms with Gasteiger partial charge in [-0.05, 0) is 31.4 Å². The fourth-order valence-corrected chi connectivity index (χ4v) is 3.85. The number of hydroxylamine groups is 1. The molecule has 9 heteroatoms. The van der Waals surface area contributed by atoms with Crippen molar-refractivity contribution in [2.24, 2.45) is 0 Å². The van der Waals surface area contributed by atoms with Gasteiger partial charge in [-0.25, -0.2) is 8.42 Å². The van der Waals surface area contributed by atoms with Crippen LogP contribution in [0.15, 0.2) is 41.8 Å². The van der Waals surface area contributed by atoms with Gasteiger partial charge in [-0.3, -0.25) is 15.0 Å². The lowest BCUT2D eigenvalue weighted by molar-refractivity contribution is -0.384. The number of hydrogen-bond donors (Lipinski definition) is 1. The summed E-state index contributed by atoms with van der Waals surface area (Å²) in [5.41, 5.74) is -0.200. The largest absolute Gasteiger partial charge is 0.395 e. The predicted molar refractivity (Wildman–Crippen MR) is 81.9 cm³/mol. The van der Waals surface area contributed by atoms with Crippen molar-refractivity contribution in [3.63, 3.8) is 0 Å². The van der Waals surface area contributed by atoms with Crippen LogP contribution in [0, 0.1) is 10.1 Å². The molecule has 2 rings (SSSR count). The second kappa shape index (κ2) is 7.18. The highest BCUT2D eigenvalue weighted by molar-refractivity contribution is 7.89. The topological polar surface area (TPSA) is 110 Å². The van der Waals surface area contributed by atoms with E-state index < -0.39 is 21.0 Å². The van der Waals surface area contributed by atoms with Crippen LogP contribution in [0.1, 0.15) is 19.3 Å². The summed E-state index contributed by atoms with van der Waals surface area (Å²) in [5.74, 6) is 0. The van der Waals surface area contributed by atoms with Crippen LogP contribution >= 0.6 is 0 Å². The molecule has 0 unspecified atom stereocenters. The summed E-state index contributed by atoms with van der Waals surface area (Å²) in [7, 11) is -4.00. The van der Waals surface area contributed by atoms with Crippen LogP contribution in [0.5, 0.6) is 0 Å². The van der Waals surface area contributed by atoms with Gasteiger partial charge in [0.1, 0.15) is 0 Å². The first kappa shape index (κ1) is 17.5. The SMILES string of the molecule is C=CCC[C@@H]1C[C@H](CO)N(S(=O)(=O)c2ccc([N+](=O)[O-])cc2)O1. The lowest BCUT2D eigenvalue weighted by Crippen LogP contribution is -2.36. The number of rotatable bonds is 7. The second-order valence-corrected chi connectivity index (χ2v) is 6.96. The van der Waals surface area contributed by atoms with Gasteiger partial charge in [0, 0.05) is 12.1 Å². The number of nitro groups is 1. The summed E-state index contributed by atoms with van der Waals surface area (Å²) in [6, 6.07) is 3.87. The van der Waals surface area contributed by atoms with Gasteiger partial charge in [0.2, 0.25) is 0 Å². The Labute approximate surface area is 134 Å². The van der Waals surface area contributed by atoms with Crippen molar-refractivity contribution >= 4 is 15.7 Å². The van der Waals surface area contributed by atoms with E-state index in [0.29, 0.717) is 19.3 Å². The molecule has 1 fully saturated rings. The maximum absolute atomic E-state index is 12.6. The fraction of sp³-hybridized carbons (Fsp3) is 0.429. The van der Waals surface area contributed by atoms with Gasteiger partial charge in [-0.2, -0.15) is 0 Å². The van der Waals surface area contributed by atoms with Crippen LogP contribution in [0.2, 0.25) is 0 Å². The minimum atomic E-state index is -4.00. The van der Waals surface area contributed by atoms with Gasteiger partial charge in [-0.15, -0.1) is 6.58 Å². The van der Waals surface area contributed by atoms with Crippen LogP contribution in [0.3, 0.4) is 0 Å². The quantitative estimate of drug-likeness (QED) is 0.458. The molecular weight excluding hydrogens is 324 g/mol. The fourth-order valence-electron chi connectivity index (χ4n) is 2.38. The Morgan fingerprint density at radius 3 is 2.61 bits per heavy atom. The first-order valence-corrected chi connectivity index (χ1v) is 8.51. The molecule has 1 saturated heterocycles. The number of nitrogens with zero attached hydrogens (tertiary/aromatic N) is 2. The third-order valence-electron chi connectivity index (χ3n) is 3.57. The van der Waals surface area contributed by atoms with Crippen molar-refractivity contribution < 1.29 is 23.3 Å². The molecule has 0 saturated carbocycles. The average Bonchev–Trinajstić information content (AvgIpc) is 2.97. The monoisotopic (exact) mass is 342 g/mol. The van der Waals surface area contributed by atoms with Gasteiger partial charge in [0.15, 0.2) is 0 Å². The summed E-state index contributed by atoms with van der Waals surface area (Å²) in [5, 5.41) is 20.1. The number of sulfonamides is 1. The van der Waals surface area contributed by atoms with Gasteiger partial charge in [0.25, 0.3) is 15.7 Å². The molecule has 0 amide bonds. The minimum Gasteiger partial charge on any atom is -0.395 e. The molecule has 1 aliphatic heterocycles. The van der Waals surface area contributed by atoms with E-state index in [1.54, 1.807) is 6.08 Å². The zero-order chi connectivity index (χ0) is 17.0. The van der Waals surface area contributed by atoms with Crippen LogP contribution in [-0.2, 0) is 14.9 Å². The van der Waals surface area contributed by atoms with E-state index in [4.69, 9.17) is 4.84 Å². The number of hydrogen-bond acceptors (Lipinski definition) is 6. The number of benzene rings is 1. The summed E-state index contributed by atoms with van der Waals surface area (Å²) >= 11 is 0. The van der Waals surface area contributed by atoms with E-state index >= 15 is 0 Å². The molecule has 0 spiro atoms. The Morgan fingerprint density at radius 2 is 2.09 bits per heavy atom. The molecular formula is C14H18N2O6S. The Bertz CT molecular complexity index is 673. The predicted octanol–water partition coefficient (Wildman–Crippen LogP) is 1.62. The van der Waals surface area contributed by atoms with Gasteiger partial charge < -0.3 is 5.11 Å². The highest BCUT2D eigenvalue weighted by Crippen LogP contribution is 2.30. The zero-order valence-electron chi connectivity index (χ0n) is 12.4. The van der Waals surface area contributed by atoms with E-state index in [1.165, 1.54) is 0 Å². The highest BCUT2D eigenvalue weighted by atomic mass is 32.2.